The Morgan fingerprint density at radius 1 is 1.18 bits per heavy atom. The predicted molar refractivity (Wildman–Crippen MR) is 30.9 cm³/mol. The van der Waals surface area contributed by atoms with Crippen LogP contribution in [0, 0.1) is 0 Å². The van der Waals surface area contributed by atoms with Gasteiger partial charge in [0.1, 0.15) is 0 Å². The van der Waals surface area contributed by atoms with Crippen LogP contribution in [0.5, 0.6) is 0 Å². The summed E-state index contributed by atoms with van der Waals surface area (Å²) in [5, 5.41) is 0. The molecule has 0 aliphatic rings. The van der Waals surface area contributed by atoms with Crippen molar-refractivity contribution in [1.29, 1.82) is 0 Å². The highest BCUT2D eigenvalue weighted by Gasteiger charge is 2.58. The minimum atomic E-state index is -5.50. The van der Waals surface area contributed by atoms with Gasteiger partial charge in [-0.25, -0.2) is 0 Å². The summed E-state index contributed by atoms with van der Waals surface area (Å²) < 4.78 is 61.7. The van der Waals surface area contributed by atoms with E-state index in [0.29, 0.717) is 0 Å². The molecule has 0 aliphatic carbocycles. The molecular weight excluding hydrogens is 190 g/mol. The molecular formula is C4H6F5OP. The molecule has 1 nitrogen and oxygen atoms in total. The second-order valence-electron chi connectivity index (χ2n) is 1.61. The number of rotatable bonds is 3. The number of alkyl halides is 5. The van der Waals surface area contributed by atoms with E-state index in [1.165, 1.54) is 6.92 Å². The lowest BCUT2D eigenvalue weighted by atomic mass is 10.7. The van der Waals surface area contributed by atoms with Gasteiger partial charge >= 0.3 is 11.8 Å². The molecule has 0 fully saturated rings. The van der Waals surface area contributed by atoms with E-state index < -0.39 is 20.6 Å². The lowest BCUT2D eigenvalue weighted by Gasteiger charge is -2.18. The van der Waals surface area contributed by atoms with E-state index >= 15 is 0 Å². The standard InChI is InChI=1S/C4H6F5OP/c1-2-10-11-4(8,9)3(5,6)7/h11H,2H2,1H3. The SMILES string of the molecule is CCOPC(F)(F)C(F)(F)F. The molecule has 68 valence electrons. The highest BCUT2D eigenvalue weighted by molar-refractivity contribution is 7.33. The van der Waals surface area contributed by atoms with E-state index in [-0.39, 0.29) is 6.61 Å². The first-order valence-corrected chi connectivity index (χ1v) is 3.55. The zero-order valence-corrected chi connectivity index (χ0v) is 6.51. The first-order chi connectivity index (χ1) is 4.81. The van der Waals surface area contributed by atoms with Gasteiger partial charge in [-0.15, -0.1) is 0 Å². The summed E-state index contributed by atoms with van der Waals surface area (Å²) in [6.07, 6.45) is -5.50. The van der Waals surface area contributed by atoms with Crippen LogP contribution in [0.3, 0.4) is 0 Å². The molecule has 11 heavy (non-hydrogen) atoms. The Kier molecular flexibility index (Phi) is 3.64. The van der Waals surface area contributed by atoms with Crippen LogP contribution in [0.2, 0.25) is 0 Å². The van der Waals surface area contributed by atoms with Crippen LogP contribution < -0.4 is 0 Å². The third-order valence-corrected chi connectivity index (χ3v) is 1.67. The molecule has 1 unspecified atom stereocenters. The van der Waals surface area contributed by atoms with Crippen LogP contribution in [0.1, 0.15) is 6.92 Å². The maximum Gasteiger partial charge on any atom is 0.459 e. The van der Waals surface area contributed by atoms with Crippen LogP contribution in [0.4, 0.5) is 22.0 Å². The van der Waals surface area contributed by atoms with Gasteiger partial charge < -0.3 is 4.52 Å². The Morgan fingerprint density at radius 2 is 1.64 bits per heavy atom. The highest BCUT2D eigenvalue weighted by Crippen LogP contribution is 2.48. The van der Waals surface area contributed by atoms with Gasteiger partial charge in [-0.3, -0.25) is 0 Å². The van der Waals surface area contributed by atoms with Crippen molar-refractivity contribution in [3.63, 3.8) is 0 Å². The monoisotopic (exact) mass is 196 g/mol. The van der Waals surface area contributed by atoms with Gasteiger partial charge in [0, 0.05) is 6.61 Å². The fourth-order valence-corrected chi connectivity index (χ4v) is 0.662. The Hall–Kier alpha value is 0.0400. The van der Waals surface area contributed by atoms with Crippen LogP contribution in [0.25, 0.3) is 0 Å². The van der Waals surface area contributed by atoms with Crippen molar-refractivity contribution in [2.45, 2.75) is 18.8 Å². The van der Waals surface area contributed by atoms with E-state index in [1.54, 1.807) is 0 Å². The Labute approximate surface area is 61.8 Å². The fourth-order valence-electron chi connectivity index (χ4n) is 0.221. The van der Waals surface area contributed by atoms with Gasteiger partial charge in [0.05, 0.1) is 8.81 Å². The molecule has 0 aromatic carbocycles. The molecule has 0 aliphatic heterocycles. The average molecular weight is 196 g/mol. The van der Waals surface area contributed by atoms with Crippen LogP contribution >= 0.6 is 8.81 Å². The highest BCUT2D eigenvalue weighted by atomic mass is 31.1. The van der Waals surface area contributed by atoms with Crippen molar-refractivity contribution in [2.24, 2.45) is 0 Å². The van der Waals surface area contributed by atoms with Crippen molar-refractivity contribution >= 4 is 8.81 Å². The topological polar surface area (TPSA) is 9.23 Å². The van der Waals surface area contributed by atoms with Gasteiger partial charge in [0.2, 0.25) is 0 Å². The zero-order valence-electron chi connectivity index (χ0n) is 5.51. The average Bonchev–Trinajstić information content (AvgIpc) is 1.81. The minimum Gasteiger partial charge on any atom is -0.356 e. The van der Waals surface area contributed by atoms with E-state index in [1.807, 2.05) is 0 Å². The van der Waals surface area contributed by atoms with Gasteiger partial charge in [0.25, 0.3) is 0 Å². The number of hydrogen-bond donors (Lipinski definition) is 0. The third-order valence-electron chi connectivity index (χ3n) is 0.701. The second-order valence-corrected chi connectivity index (χ2v) is 2.73. The first kappa shape index (κ1) is 11.0. The molecule has 0 saturated heterocycles. The van der Waals surface area contributed by atoms with Gasteiger partial charge in [-0.05, 0) is 6.92 Å². The van der Waals surface area contributed by atoms with Crippen molar-refractivity contribution in [2.75, 3.05) is 6.61 Å². The summed E-state index contributed by atoms with van der Waals surface area (Å²) in [6.45, 7) is 1.20. The molecule has 0 aromatic heterocycles. The van der Waals surface area contributed by atoms with Crippen LogP contribution in [0.15, 0.2) is 0 Å². The molecule has 7 heteroatoms. The van der Waals surface area contributed by atoms with E-state index in [2.05, 4.69) is 4.52 Å². The van der Waals surface area contributed by atoms with Crippen molar-refractivity contribution in [1.82, 2.24) is 0 Å². The molecule has 0 heterocycles. The maximum absolute atomic E-state index is 11.9. The normalized spacial score (nSPS) is 14.7. The summed E-state index contributed by atoms with van der Waals surface area (Å²) >= 11 is 0. The van der Waals surface area contributed by atoms with Gasteiger partial charge in [0.15, 0.2) is 0 Å². The van der Waals surface area contributed by atoms with Crippen molar-refractivity contribution in [3.05, 3.63) is 0 Å². The Morgan fingerprint density at radius 3 is 1.91 bits per heavy atom. The summed E-state index contributed by atoms with van der Waals surface area (Å²) in [5.41, 5.74) is -4.71. The molecule has 0 bridgehead atoms. The minimum absolute atomic E-state index is 0.149. The predicted octanol–water partition coefficient (Wildman–Crippen LogP) is 2.77. The maximum atomic E-state index is 11.9. The summed E-state index contributed by atoms with van der Waals surface area (Å²) in [7, 11) is -1.85. The van der Waals surface area contributed by atoms with E-state index in [4.69, 9.17) is 0 Å². The molecule has 0 saturated carbocycles. The lowest BCUT2D eigenvalue weighted by molar-refractivity contribution is -0.241. The summed E-state index contributed by atoms with van der Waals surface area (Å²) in [5.74, 6) is 0. The largest absolute Gasteiger partial charge is 0.459 e. The molecule has 0 rings (SSSR count). The zero-order chi connectivity index (χ0) is 9.12. The number of halogens is 5. The quantitative estimate of drug-likeness (QED) is 0.498. The Balaban J connectivity index is 4.00. The third kappa shape index (κ3) is 3.29. The molecule has 0 aromatic rings. The molecule has 0 amide bonds. The summed E-state index contributed by atoms with van der Waals surface area (Å²) in [4.78, 5) is 0. The fraction of sp³-hybridized carbons (Fsp3) is 1.00. The molecule has 1 atom stereocenters. The van der Waals surface area contributed by atoms with Crippen LogP contribution in [-0.2, 0) is 4.52 Å². The first-order valence-electron chi connectivity index (χ1n) is 2.64. The smallest absolute Gasteiger partial charge is 0.356 e. The van der Waals surface area contributed by atoms with Gasteiger partial charge in [-0.1, -0.05) is 0 Å². The molecule has 0 spiro atoms. The van der Waals surface area contributed by atoms with Crippen LogP contribution in [-0.4, -0.2) is 18.4 Å². The van der Waals surface area contributed by atoms with E-state index in [9.17, 15) is 22.0 Å². The lowest BCUT2D eigenvalue weighted by Crippen LogP contribution is -2.31. The summed E-state index contributed by atoms with van der Waals surface area (Å²) in [6, 6.07) is 0. The molecule has 0 radical (unpaired) electrons. The number of hydrogen-bond acceptors (Lipinski definition) is 1. The van der Waals surface area contributed by atoms with Crippen molar-refractivity contribution in [3.8, 4) is 0 Å². The second kappa shape index (κ2) is 3.63. The van der Waals surface area contributed by atoms with E-state index in [0.717, 1.165) is 0 Å². The Bertz CT molecular complexity index is 122. The van der Waals surface area contributed by atoms with Gasteiger partial charge in [-0.2, -0.15) is 22.0 Å². The molecule has 0 N–H and O–H groups in total. The van der Waals surface area contributed by atoms with Crippen molar-refractivity contribution < 1.29 is 26.5 Å².